The van der Waals surface area contributed by atoms with E-state index in [1.807, 2.05) is 30.3 Å². The van der Waals surface area contributed by atoms with E-state index < -0.39 is 17.9 Å². The van der Waals surface area contributed by atoms with E-state index in [2.05, 4.69) is 11.6 Å². The van der Waals surface area contributed by atoms with Crippen molar-refractivity contribution in [2.24, 2.45) is 0 Å². The predicted molar refractivity (Wildman–Crippen MR) is 125 cm³/mol. The Balaban J connectivity index is 1.70. The zero-order valence-corrected chi connectivity index (χ0v) is 18.4. The molecule has 1 aliphatic heterocycles. The van der Waals surface area contributed by atoms with Crippen LogP contribution in [0, 0.1) is 6.92 Å². The van der Waals surface area contributed by atoms with Crippen LogP contribution in [0.25, 0.3) is 11.0 Å². The molecular weight excluding hydrogens is 440 g/mol. The van der Waals surface area contributed by atoms with Gasteiger partial charge in [0.15, 0.2) is 10.6 Å². The molecule has 0 fully saturated rings. The topological polar surface area (TPSA) is 89.7 Å². The highest BCUT2D eigenvalue weighted by atomic mass is 32.1. The minimum absolute atomic E-state index is 0.0174. The molecule has 1 atom stereocenters. The Morgan fingerprint density at radius 3 is 2.67 bits per heavy atom. The van der Waals surface area contributed by atoms with E-state index in [1.54, 1.807) is 31.2 Å². The number of para-hydroxylation sites is 1. The third kappa shape index (κ3) is 3.35. The fourth-order valence-corrected chi connectivity index (χ4v) is 4.93. The first kappa shape index (κ1) is 20.8. The molecule has 0 aliphatic carbocycles. The Labute approximate surface area is 192 Å². The minimum Gasteiger partial charge on any atom is -0.457 e. The molecule has 5 rings (SSSR count). The van der Waals surface area contributed by atoms with Crippen LogP contribution < -0.4 is 10.3 Å². The maximum Gasteiger partial charge on any atom is 0.350 e. The average Bonchev–Trinajstić information content (AvgIpc) is 3.35. The molecule has 0 radical (unpaired) electrons. The summed E-state index contributed by atoms with van der Waals surface area (Å²) in [4.78, 5) is 45.7. The molecule has 1 aliphatic rings. The van der Waals surface area contributed by atoms with Gasteiger partial charge in [-0.1, -0.05) is 66.5 Å². The van der Waals surface area contributed by atoms with E-state index in [4.69, 9.17) is 9.15 Å². The van der Waals surface area contributed by atoms with Gasteiger partial charge in [-0.3, -0.25) is 14.5 Å². The third-order valence-corrected chi connectivity index (χ3v) is 6.54. The van der Waals surface area contributed by atoms with E-state index >= 15 is 0 Å². The number of hydrogen-bond acceptors (Lipinski definition) is 7. The van der Waals surface area contributed by atoms with Gasteiger partial charge in [-0.15, -0.1) is 0 Å². The molecule has 0 spiro atoms. The summed E-state index contributed by atoms with van der Waals surface area (Å²) >= 11 is 1.04. The monoisotopic (exact) mass is 458 g/mol. The standard InChI is InChI=1S/C25H18N2O5S/c1-3-13-31-24(30)22-14(2)26-25(33-22)27-19(15-9-5-4-6-10-15)18-20(28)16-11-7-8-12-17(16)32-21(18)23(27)29/h3-12,19H,1,13H2,2H3/t19-/m0/s1. The lowest BCUT2D eigenvalue weighted by molar-refractivity contribution is 0.0554. The number of aromatic nitrogens is 1. The van der Waals surface area contributed by atoms with Crippen molar-refractivity contribution >= 4 is 39.3 Å². The molecule has 2 aromatic heterocycles. The molecule has 1 amide bonds. The number of carbonyl (C=O) groups excluding carboxylic acids is 2. The number of benzene rings is 2. The highest BCUT2D eigenvalue weighted by Crippen LogP contribution is 2.43. The first-order chi connectivity index (χ1) is 16.0. The summed E-state index contributed by atoms with van der Waals surface area (Å²) in [6, 6.07) is 15.3. The normalized spacial score (nSPS) is 15.0. The highest BCUT2D eigenvalue weighted by molar-refractivity contribution is 7.17. The third-order valence-electron chi connectivity index (χ3n) is 5.40. The molecule has 8 heteroatoms. The number of nitrogens with zero attached hydrogens (tertiary/aromatic N) is 2. The first-order valence-corrected chi connectivity index (χ1v) is 11.0. The summed E-state index contributed by atoms with van der Waals surface area (Å²) in [5.74, 6) is -1.05. The summed E-state index contributed by atoms with van der Waals surface area (Å²) < 4.78 is 11.1. The summed E-state index contributed by atoms with van der Waals surface area (Å²) in [6.07, 6.45) is 1.48. The lowest BCUT2D eigenvalue weighted by atomic mass is 9.99. The maximum atomic E-state index is 13.6. The summed E-state index contributed by atoms with van der Waals surface area (Å²) in [5, 5.41) is 0.683. The van der Waals surface area contributed by atoms with Crippen molar-refractivity contribution in [2.45, 2.75) is 13.0 Å². The smallest absolute Gasteiger partial charge is 0.350 e. The molecule has 2 aromatic carbocycles. The van der Waals surface area contributed by atoms with E-state index in [0.29, 0.717) is 16.7 Å². The van der Waals surface area contributed by atoms with Crippen LogP contribution in [0.5, 0.6) is 0 Å². The van der Waals surface area contributed by atoms with Gasteiger partial charge < -0.3 is 9.15 Å². The molecule has 3 heterocycles. The Morgan fingerprint density at radius 2 is 1.91 bits per heavy atom. The van der Waals surface area contributed by atoms with Gasteiger partial charge in [0.25, 0.3) is 5.91 Å². The minimum atomic E-state index is -0.739. The molecule has 33 heavy (non-hydrogen) atoms. The number of carbonyl (C=O) groups is 2. The van der Waals surface area contributed by atoms with Gasteiger partial charge in [-0.25, -0.2) is 9.78 Å². The van der Waals surface area contributed by atoms with Crippen LogP contribution in [0.3, 0.4) is 0 Å². The Bertz CT molecular complexity index is 1470. The lowest BCUT2D eigenvalue weighted by Crippen LogP contribution is -2.29. The molecule has 0 N–H and O–H groups in total. The van der Waals surface area contributed by atoms with Crippen molar-refractivity contribution in [3.05, 3.63) is 105 Å². The van der Waals surface area contributed by atoms with Crippen LogP contribution in [0.15, 0.2) is 76.5 Å². The van der Waals surface area contributed by atoms with Gasteiger partial charge in [0.1, 0.15) is 17.1 Å². The fourth-order valence-electron chi connectivity index (χ4n) is 3.94. The second-order valence-corrected chi connectivity index (χ2v) is 8.43. The fraction of sp³-hybridized carbons (Fsp3) is 0.120. The van der Waals surface area contributed by atoms with Crippen LogP contribution in [0.1, 0.15) is 43.1 Å². The zero-order chi connectivity index (χ0) is 23.1. The zero-order valence-electron chi connectivity index (χ0n) is 17.6. The number of anilines is 1. The van der Waals surface area contributed by atoms with Crippen molar-refractivity contribution < 1.29 is 18.7 Å². The SMILES string of the molecule is C=CCOC(=O)c1sc(N2C(=O)c3oc4ccccc4c(=O)c3[C@@H]2c2ccccc2)nc1C. The van der Waals surface area contributed by atoms with E-state index in [1.165, 1.54) is 11.0 Å². The molecular formula is C25H18N2O5S. The average molecular weight is 458 g/mol. The summed E-state index contributed by atoms with van der Waals surface area (Å²) in [5.41, 5.74) is 1.50. The van der Waals surface area contributed by atoms with E-state index in [9.17, 15) is 14.4 Å². The molecule has 7 nitrogen and oxygen atoms in total. The number of fused-ring (bicyclic) bond motifs is 2. The van der Waals surface area contributed by atoms with Gasteiger partial charge in [-0.05, 0) is 24.6 Å². The number of esters is 1. The number of hydrogen-bond donors (Lipinski definition) is 0. The van der Waals surface area contributed by atoms with Crippen molar-refractivity contribution in [3.8, 4) is 0 Å². The number of aryl methyl sites for hydroxylation is 1. The number of amides is 1. The number of thiazole rings is 1. The van der Waals surface area contributed by atoms with Gasteiger partial charge in [0.2, 0.25) is 5.76 Å². The lowest BCUT2D eigenvalue weighted by Gasteiger charge is -2.22. The second-order valence-electron chi connectivity index (χ2n) is 7.46. The summed E-state index contributed by atoms with van der Waals surface area (Å²) in [6.45, 7) is 5.28. The van der Waals surface area contributed by atoms with Crippen molar-refractivity contribution in [1.82, 2.24) is 4.98 Å². The molecule has 0 saturated heterocycles. The summed E-state index contributed by atoms with van der Waals surface area (Å²) in [7, 11) is 0. The maximum absolute atomic E-state index is 13.6. The predicted octanol–water partition coefficient (Wildman–Crippen LogP) is 4.65. The Kier molecular flexibility index (Phi) is 5.14. The Hall–Kier alpha value is -4.04. The molecule has 0 saturated carbocycles. The Morgan fingerprint density at radius 1 is 1.18 bits per heavy atom. The second kappa shape index (κ2) is 8.14. The van der Waals surface area contributed by atoms with Gasteiger partial charge in [0, 0.05) is 0 Å². The number of rotatable bonds is 5. The molecule has 164 valence electrons. The largest absolute Gasteiger partial charge is 0.457 e. The first-order valence-electron chi connectivity index (χ1n) is 10.2. The van der Waals surface area contributed by atoms with Crippen LogP contribution in [0.4, 0.5) is 5.13 Å². The van der Waals surface area contributed by atoms with Crippen LogP contribution >= 0.6 is 11.3 Å². The van der Waals surface area contributed by atoms with Gasteiger partial charge in [0.05, 0.1) is 22.7 Å². The number of ether oxygens (including phenoxy) is 1. The molecule has 4 aromatic rings. The van der Waals surface area contributed by atoms with Gasteiger partial charge >= 0.3 is 5.97 Å². The van der Waals surface area contributed by atoms with Crippen LogP contribution in [-0.4, -0.2) is 23.5 Å². The molecule has 0 unspecified atom stereocenters. The van der Waals surface area contributed by atoms with Gasteiger partial charge in [-0.2, -0.15) is 0 Å². The highest BCUT2D eigenvalue weighted by Gasteiger charge is 2.45. The van der Waals surface area contributed by atoms with Crippen LogP contribution in [0.2, 0.25) is 0 Å². The van der Waals surface area contributed by atoms with E-state index in [0.717, 1.165) is 16.9 Å². The quantitative estimate of drug-likeness (QED) is 0.319. The van der Waals surface area contributed by atoms with Crippen molar-refractivity contribution in [2.75, 3.05) is 11.5 Å². The van der Waals surface area contributed by atoms with Crippen LogP contribution in [-0.2, 0) is 4.74 Å². The van der Waals surface area contributed by atoms with Crippen molar-refractivity contribution in [3.63, 3.8) is 0 Å². The molecule has 0 bridgehead atoms. The van der Waals surface area contributed by atoms with Crippen molar-refractivity contribution in [1.29, 1.82) is 0 Å². The van der Waals surface area contributed by atoms with E-state index in [-0.39, 0.29) is 33.4 Å².